The monoisotopic (exact) mass is 402 g/mol. The van der Waals surface area contributed by atoms with Crippen LogP contribution in [0.5, 0.6) is 0 Å². The van der Waals surface area contributed by atoms with E-state index in [4.69, 9.17) is 4.74 Å². The quantitative estimate of drug-likeness (QED) is 0.719. The number of rotatable bonds is 6. The molecular formula is C18H22N6O3S. The first-order valence-corrected chi connectivity index (χ1v) is 10.0. The van der Waals surface area contributed by atoms with Crippen molar-refractivity contribution >= 4 is 28.3 Å². The molecular weight excluding hydrogens is 380 g/mol. The van der Waals surface area contributed by atoms with Crippen molar-refractivity contribution in [3.05, 3.63) is 34.1 Å². The predicted molar refractivity (Wildman–Crippen MR) is 103 cm³/mol. The standard InChI is InChI=1S/C18H22N6O3S/c1-27-10-15-22-23-18(28-15)24-9-13(5-16(24)25)17(26)21-7-11-4-12-8-19-3-2-14(12)20-6-11/h4,6,13,19H,2-3,5,7-10H2,1H3,(H,21,26). The Balaban J connectivity index is 1.34. The van der Waals surface area contributed by atoms with E-state index < -0.39 is 5.92 Å². The largest absolute Gasteiger partial charge is 0.377 e. The van der Waals surface area contributed by atoms with E-state index in [1.807, 2.05) is 6.20 Å². The maximum Gasteiger partial charge on any atom is 0.229 e. The number of methoxy groups -OCH3 is 1. The zero-order valence-corrected chi connectivity index (χ0v) is 16.4. The zero-order valence-electron chi connectivity index (χ0n) is 15.6. The Bertz CT molecular complexity index is 886. The number of carbonyl (C=O) groups excluding carboxylic acids is 2. The van der Waals surface area contributed by atoms with E-state index >= 15 is 0 Å². The lowest BCUT2D eigenvalue weighted by Crippen LogP contribution is -2.33. The summed E-state index contributed by atoms with van der Waals surface area (Å²) in [5.74, 6) is -0.635. The predicted octanol–water partition coefficient (Wildman–Crippen LogP) is 0.395. The van der Waals surface area contributed by atoms with Crippen LogP contribution in [0.4, 0.5) is 5.13 Å². The molecule has 9 nitrogen and oxygen atoms in total. The van der Waals surface area contributed by atoms with Crippen LogP contribution < -0.4 is 15.5 Å². The van der Waals surface area contributed by atoms with Gasteiger partial charge in [-0.1, -0.05) is 11.3 Å². The number of hydrogen-bond donors (Lipinski definition) is 2. The molecule has 2 aromatic heterocycles. The molecule has 1 fully saturated rings. The van der Waals surface area contributed by atoms with Crippen molar-refractivity contribution in [1.29, 1.82) is 0 Å². The van der Waals surface area contributed by atoms with Gasteiger partial charge in [-0.2, -0.15) is 0 Å². The molecule has 2 amide bonds. The summed E-state index contributed by atoms with van der Waals surface area (Å²) in [4.78, 5) is 30.9. The van der Waals surface area contributed by atoms with Gasteiger partial charge in [0.15, 0.2) is 0 Å². The third kappa shape index (κ3) is 4.03. The number of amides is 2. The molecule has 0 saturated carbocycles. The molecule has 0 aliphatic carbocycles. The highest BCUT2D eigenvalue weighted by molar-refractivity contribution is 7.15. The summed E-state index contributed by atoms with van der Waals surface area (Å²) >= 11 is 1.31. The molecule has 4 rings (SSSR count). The average Bonchev–Trinajstić information content (AvgIpc) is 3.32. The molecule has 2 N–H and O–H groups in total. The van der Waals surface area contributed by atoms with Crippen LogP contribution in [0.3, 0.4) is 0 Å². The van der Waals surface area contributed by atoms with Gasteiger partial charge in [0, 0.05) is 58.0 Å². The van der Waals surface area contributed by atoms with Gasteiger partial charge in [0.2, 0.25) is 16.9 Å². The van der Waals surface area contributed by atoms with Crippen molar-refractivity contribution in [2.24, 2.45) is 5.92 Å². The van der Waals surface area contributed by atoms with Crippen LogP contribution in [0.2, 0.25) is 0 Å². The van der Waals surface area contributed by atoms with Gasteiger partial charge in [0.1, 0.15) is 11.6 Å². The molecule has 2 aliphatic heterocycles. The lowest BCUT2D eigenvalue weighted by Gasteiger charge is -2.17. The van der Waals surface area contributed by atoms with E-state index in [1.165, 1.54) is 21.8 Å². The van der Waals surface area contributed by atoms with Crippen molar-refractivity contribution in [3.8, 4) is 0 Å². The molecule has 0 bridgehead atoms. The Kier molecular flexibility index (Phi) is 5.60. The second kappa shape index (κ2) is 8.29. The molecule has 28 heavy (non-hydrogen) atoms. The Labute approximate surface area is 166 Å². The highest BCUT2D eigenvalue weighted by atomic mass is 32.1. The van der Waals surface area contributed by atoms with Crippen LogP contribution in [0, 0.1) is 5.92 Å². The molecule has 2 aromatic rings. The number of carbonyl (C=O) groups is 2. The third-order valence-corrected chi connectivity index (χ3v) is 5.81. The number of pyridine rings is 1. The SMILES string of the molecule is COCc1nnc(N2CC(C(=O)NCc3cnc4c(c3)CNCC4)CC2=O)s1. The number of anilines is 1. The Morgan fingerprint density at radius 2 is 2.36 bits per heavy atom. The van der Waals surface area contributed by atoms with Gasteiger partial charge in [-0.3, -0.25) is 19.5 Å². The minimum Gasteiger partial charge on any atom is -0.377 e. The molecule has 1 unspecified atom stereocenters. The van der Waals surface area contributed by atoms with Gasteiger partial charge in [-0.05, 0) is 17.2 Å². The number of nitrogens with one attached hydrogen (secondary N) is 2. The Morgan fingerprint density at radius 1 is 1.46 bits per heavy atom. The van der Waals surface area contributed by atoms with E-state index in [0.717, 1.165) is 30.8 Å². The summed E-state index contributed by atoms with van der Waals surface area (Å²) in [7, 11) is 1.58. The van der Waals surface area contributed by atoms with E-state index in [9.17, 15) is 9.59 Å². The topological polar surface area (TPSA) is 109 Å². The summed E-state index contributed by atoms with van der Waals surface area (Å²) in [6, 6.07) is 2.08. The van der Waals surface area contributed by atoms with Gasteiger partial charge in [-0.25, -0.2) is 0 Å². The number of hydrogen-bond acceptors (Lipinski definition) is 8. The van der Waals surface area contributed by atoms with Gasteiger partial charge in [0.05, 0.1) is 5.92 Å². The first-order valence-electron chi connectivity index (χ1n) is 9.21. The lowest BCUT2D eigenvalue weighted by molar-refractivity contribution is -0.126. The van der Waals surface area contributed by atoms with Crippen LogP contribution in [0.1, 0.15) is 28.2 Å². The minimum absolute atomic E-state index is 0.109. The van der Waals surface area contributed by atoms with Crippen LogP contribution >= 0.6 is 11.3 Å². The van der Waals surface area contributed by atoms with Crippen LogP contribution in [0.25, 0.3) is 0 Å². The van der Waals surface area contributed by atoms with E-state index in [-0.39, 0.29) is 18.2 Å². The molecule has 1 atom stereocenters. The zero-order chi connectivity index (χ0) is 19.5. The number of fused-ring (bicyclic) bond motifs is 1. The van der Waals surface area contributed by atoms with E-state index in [1.54, 1.807) is 7.11 Å². The van der Waals surface area contributed by atoms with Crippen molar-refractivity contribution in [2.75, 3.05) is 25.1 Å². The maximum atomic E-state index is 12.6. The number of ether oxygens (including phenoxy) is 1. The Morgan fingerprint density at radius 3 is 3.21 bits per heavy atom. The smallest absolute Gasteiger partial charge is 0.229 e. The van der Waals surface area contributed by atoms with Gasteiger partial charge in [-0.15, -0.1) is 10.2 Å². The second-order valence-corrected chi connectivity index (χ2v) is 7.95. The molecule has 10 heteroatoms. The lowest BCUT2D eigenvalue weighted by atomic mass is 10.0. The fraction of sp³-hybridized carbons (Fsp3) is 0.500. The van der Waals surface area contributed by atoms with Crippen molar-refractivity contribution in [2.45, 2.75) is 32.5 Å². The summed E-state index contributed by atoms with van der Waals surface area (Å²) in [5, 5.41) is 15.5. The van der Waals surface area contributed by atoms with E-state index in [2.05, 4.69) is 31.9 Å². The number of aromatic nitrogens is 3. The van der Waals surface area contributed by atoms with Crippen molar-refractivity contribution in [3.63, 3.8) is 0 Å². The third-order valence-electron chi connectivity index (χ3n) is 4.89. The highest BCUT2D eigenvalue weighted by Crippen LogP contribution is 2.28. The fourth-order valence-corrected chi connectivity index (χ4v) is 4.27. The second-order valence-electron chi connectivity index (χ2n) is 6.91. The fourth-order valence-electron chi connectivity index (χ4n) is 3.43. The summed E-state index contributed by atoms with van der Waals surface area (Å²) < 4.78 is 5.03. The van der Waals surface area contributed by atoms with Crippen LogP contribution in [-0.2, 0) is 40.4 Å². The summed E-state index contributed by atoms with van der Waals surface area (Å²) in [6.45, 7) is 2.83. The maximum absolute atomic E-state index is 12.6. The van der Waals surface area contributed by atoms with Gasteiger partial charge in [0.25, 0.3) is 0 Å². The molecule has 1 saturated heterocycles. The summed E-state index contributed by atoms with van der Waals surface area (Å²) in [5.41, 5.74) is 3.27. The van der Waals surface area contributed by atoms with Crippen LogP contribution in [-0.4, -0.2) is 47.2 Å². The van der Waals surface area contributed by atoms with Crippen molar-refractivity contribution in [1.82, 2.24) is 25.8 Å². The molecule has 148 valence electrons. The van der Waals surface area contributed by atoms with Crippen LogP contribution in [0.15, 0.2) is 12.3 Å². The first-order chi connectivity index (χ1) is 13.6. The van der Waals surface area contributed by atoms with Gasteiger partial charge < -0.3 is 15.4 Å². The van der Waals surface area contributed by atoms with Crippen molar-refractivity contribution < 1.29 is 14.3 Å². The minimum atomic E-state index is -0.394. The molecule has 0 radical (unpaired) electrons. The summed E-state index contributed by atoms with van der Waals surface area (Å²) in [6.07, 6.45) is 2.92. The van der Waals surface area contributed by atoms with Gasteiger partial charge >= 0.3 is 0 Å². The molecule has 0 aromatic carbocycles. The Hall–Kier alpha value is -2.43. The molecule has 4 heterocycles. The van der Waals surface area contributed by atoms with E-state index in [0.29, 0.717) is 29.8 Å². The first kappa shape index (κ1) is 18.9. The highest BCUT2D eigenvalue weighted by Gasteiger charge is 2.36. The number of nitrogens with zero attached hydrogens (tertiary/aromatic N) is 4. The normalized spacial score (nSPS) is 19.0. The average molecular weight is 402 g/mol. The molecule has 0 spiro atoms. The molecule has 2 aliphatic rings.